The van der Waals surface area contributed by atoms with Crippen LogP contribution in [0.2, 0.25) is 0 Å². The van der Waals surface area contributed by atoms with Gasteiger partial charge in [0, 0.05) is 6.54 Å². The first-order valence-corrected chi connectivity index (χ1v) is 7.03. The zero-order valence-electron chi connectivity index (χ0n) is 11.9. The van der Waals surface area contributed by atoms with E-state index in [4.69, 9.17) is 10.5 Å². The van der Waals surface area contributed by atoms with Gasteiger partial charge in [-0.25, -0.2) is 0 Å². The third-order valence-corrected chi connectivity index (χ3v) is 3.07. The van der Waals surface area contributed by atoms with Crippen LogP contribution in [0.1, 0.15) is 18.0 Å². The molecule has 3 N–H and O–H groups in total. The lowest BCUT2D eigenvalue weighted by Crippen LogP contribution is -2.35. The molecule has 0 radical (unpaired) electrons. The van der Waals surface area contributed by atoms with Crippen molar-refractivity contribution in [2.24, 2.45) is 5.73 Å². The molecule has 0 bridgehead atoms. The molecule has 0 fully saturated rings. The molecule has 21 heavy (non-hydrogen) atoms. The molecule has 0 aliphatic heterocycles. The molecule has 0 saturated carbocycles. The average Bonchev–Trinajstić information content (AvgIpc) is 2.55. The Labute approximate surface area is 124 Å². The van der Waals surface area contributed by atoms with Crippen LogP contribution in [0.4, 0.5) is 0 Å². The zero-order valence-corrected chi connectivity index (χ0v) is 11.9. The van der Waals surface area contributed by atoms with Gasteiger partial charge >= 0.3 is 0 Å². The summed E-state index contributed by atoms with van der Waals surface area (Å²) in [5.41, 5.74) is 6.72. The lowest BCUT2D eigenvalue weighted by atomic mass is 10.1. The maximum absolute atomic E-state index is 11.9. The fourth-order valence-electron chi connectivity index (χ4n) is 1.91. The topological polar surface area (TPSA) is 64.4 Å². The maximum atomic E-state index is 11.9. The standard InChI is InChI=1S/C17H20N2O2/c18-16(14-8-3-1-4-9-14)17(20)19-12-7-13-21-15-10-5-2-6-11-15/h1-6,8-11,16H,7,12-13,18H2,(H,19,20). The van der Waals surface area contributed by atoms with Gasteiger partial charge in [-0.05, 0) is 24.1 Å². The number of carbonyl (C=O) groups is 1. The molecule has 0 aromatic heterocycles. The predicted octanol–water partition coefficient (Wildman–Crippen LogP) is 2.27. The molecule has 0 heterocycles. The smallest absolute Gasteiger partial charge is 0.241 e. The van der Waals surface area contributed by atoms with E-state index in [1.807, 2.05) is 60.7 Å². The van der Waals surface area contributed by atoms with Gasteiger partial charge in [-0.15, -0.1) is 0 Å². The maximum Gasteiger partial charge on any atom is 0.241 e. The normalized spacial score (nSPS) is 11.7. The second-order valence-electron chi connectivity index (χ2n) is 4.69. The summed E-state index contributed by atoms with van der Waals surface area (Å²) in [7, 11) is 0. The largest absolute Gasteiger partial charge is 0.494 e. The number of rotatable bonds is 7. The molecule has 2 rings (SSSR count). The number of hydrogen-bond acceptors (Lipinski definition) is 3. The molecular formula is C17H20N2O2. The number of para-hydroxylation sites is 1. The van der Waals surface area contributed by atoms with Crippen molar-refractivity contribution >= 4 is 5.91 Å². The van der Waals surface area contributed by atoms with Gasteiger partial charge in [-0.1, -0.05) is 48.5 Å². The van der Waals surface area contributed by atoms with Gasteiger partial charge in [0.25, 0.3) is 0 Å². The molecule has 1 unspecified atom stereocenters. The lowest BCUT2D eigenvalue weighted by molar-refractivity contribution is -0.122. The summed E-state index contributed by atoms with van der Waals surface area (Å²) in [5.74, 6) is 0.672. The highest BCUT2D eigenvalue weighted by Crippen LogP contribution is 2.10. The van der Waals surface area contributed by atoms with Crippen LogP contribution in [-0.4, -0.2) is 19.1 Å². The zero-order chi connectivity index (χ0) is 14.9. The fraction of sp³-hybridized carbons (Fsp3) is 0.235. The first kappa shape index (κ1) is 15.1. The van der Waals surface area contributed by atoms with Crippen LogP contribution in [0, 0.1) is 0 Å². The van der Waals surface area contributed by atoms with E-state index in [0.717, 1.165) is 17.7 Å². The van der Waals surface area contributed by atoms with Gasteiger partial charge in [-0.3, -0.25) is 4.79 Å². The molecule has 1 atom stereocenters. The van der Waals surface area contributed by atoms with E-state index in [2.05, 4.69) is 5.32 Å². The third kappa shape index (κ3) is 4.93. The van der Waals surface area contributed by atoms with Crippen LogP contribution in [-0.2, 0) is 4.79 Å². The molecule has 2 aromatic carbocycles. The van der Waals surface area contributed by atoms with Gasteiger partial charge in [-0.2, -0.15) is 0 Å². The minimum Gasteiger partial charge on any atom is -0.494 e. The van der Waals surface area contributed by atoms with Crippen LogP contribution in [0.5, 0.6) is 5.75 Å². The van der Waals surface area contributed by atoms with E-state index < -0.39 is 6.04 Å². The van der Waals surface area contributed by atoms with Crippen LogP contribution in [0.3, 0.4) is 0 Å². The van der Waals surface area contributed by atoms with E-state index in [0.29, 0.717) is 13.2 Å². The number of carbonyl (C=O) groups excluding carboxylic acids is 1. The highest BCUT2D eigenvalue weighted by molar-refractivity contribution is 5.82. The summed E-state index contributed by atoms with van der Waals surface area (Å²) in [6.07, 6.45) is 0.738. The van der Waals surface area contributed by atoms with Crippen molar-refractivity contribution in [2.45, 2.75) is 12.5 Å². The summed E-state index contributed by atoms with van der Waals surface area (Å²) in [6.45, 7) is 1.11. The Morgan fingerprint density at radius 1 is 1.05 bits per heavy atom. The van der Waals surface area contributed by atoms with Gasteiger partial charge in [0.05, 0.1) is 6.61 Å². The highest BCUT2D eigenvalue weighted by Gasteiger charge is 2.14. The van der Waals surface area contributed by atoms with Crippen molar-refractivity contribution in [2.75, 3.05) is 13.2 Å². The Morgan fingerprint density at radius 2 is 1.67 bits per heavy atom. The van der Waals surface area contributed by atoms with Crippen LogP contribution in [0.25, 0.3) is 0 Å². The highest BCUT2D eigenvalue weighted by atomic mass is 16.5. The van der Waals surface area contributed by atoms with E-state index in [9.17, 15) is 4.79 Å². The van der Waals surface area contributed by atoms with Crippen molar-refractivity contribution in [1.29, 1.82) is 0 Å². The molecule has 110 valence electrons. The summed E-state index contributed by atoms with van der Waals surface area (Å²) in [4.78, 5) is 11.9. The van der Waals surface area contributed by atoms with Gasteiger partial charge < -0.3 is 15.8 Å². The second-order valence-corrected chi connectivity index (χ2v) is 4.69. The lowest BCUT2D eigenvalue weighted by Gasteiger charge is -2.12. The first-order valence-electron chi connectivity index (χ1n) is 7.03. The van der Waals surface area contributed by atoms with Crippen molar-refractivity contribution in [1.82, 2.24) is 5.32 Å². The SMILES string of the molecule is NC(C(=O)NCCCOc1ccccc1)c1ccccc1. The molecule has 0 saturated heterocycles. The van der Waals surface area contributed by atoms with Gasteiger partial charge in [0.1, 0.15) is 11.8 Å². The van der Waals surface area contributed by atoms with Crippen LogP contribution < -0.4 is 15.8 Å². The van der Waals surface area contributed by atoms with Crippen LogP contribution in [0.15, 0.2) is 60.7 Å². The predicted molar refractivity (Wildman–Crippen MR) is 82.9 cm³/mol. The molecule has 4 heteroatoms. The summed E-state index contributed by atoms with van der Waals surface area (Å²) < 4.78 is 5.55. The summed E-state index contributed by atoms with van der Waals surface area (Å²) in [6, 6.07) is 18.3. The summed E-state index contributed by atoms with van der Waals surface area (Å²) >= 11 is 0. The molecule has 2 aromatic rings. The molecule has 0 aliphatic rings. The summed E-state index contributed by atoms with van der Waals surface area (Å²) in [5, 5.41) is 2.82. The second kappa shape index (κ2) is 8.07. The number of amides is 1. The number of nitrogens with one attached hydrogen (secondary N) is 1. The molecule has 0 aliphatic carbocycles. The monoisotopic (exact) mass is 284 g/mol. The van der Waals surface area contributed by atoms with Crippen molar-refractivity contribution < 1.29 is 9.53 Å². The molecular weight excluding hydrogens is 264 g/mol. The fourth-order valence-corrected chi connectivity index (χ4v) is 1.91. The van der Waals surface area contributed by atoms with Gasteiger partial charge in [0.2, 0.25) is 5.91 Å². The van der Waals surface area contributed by atoms with E-state index in [1.165, 1.54) is 0 Å². The molecule has 4 nitrogen and oxygen atoms in total. The van der Waals surface area contributed by atoms with E-state index >= 15 is 0 Å². The van der Waals surface area contributed by atoms with Crippen LogP contribution >= 0.6 is 0 Å². The van der Waals surface area contributed by atoms with E-state index in [1.54, 1.807) is 0 Å². The number of benzene rings is 2. The Bertz CT molecular complexity index is 543. The first-order chi connectivity index (χ1) is 10.3. The van der Waals surface area contributed by atoms with Crippen molar-refractivity contribution in [3.8, 4) is 5.75 Å². The average molecular weight is 284 g/mol. The van der Waals surface area contributed by atoms with Gasteiger partial charge in [0.15, 0.2) is 0 Å². The molecule has 0 spiro atoms. The third-order valence-electron chi connectivity index (χ3n) is 3.07. The Morgan fingerprint density at radius 3 is 2.33 bits per heavy atom. The Hall–Kier alpha value is -2.33. The Kier molecular flexibility index (Phi) is 5.79. The van der Waals surface area contributed by atoms with E-state index in [-0.39, 0.29) is 5.91 Å². The number of ether oxygens (including phenoxy) is 1. The molecule has 1 amide bonds. The van der Waals surface area contributed by atoms with Crippen molar-refractivity contribution in [3.05, 3.63) is 66.2 Å². The minimum absolute atomic E-state index is 0.166. The number of hydrogen-bond donors (Lipinski definition) is 2. The Balaban J connectivity index is 1.65. The quantitative estimate of drug-likeness (QED) is 0.767. The number of nitrogens with two attached hydrogens (primary N) is 1. The van der Waals surface area contributed by atoms with Crippen molar-refractivity contribution in [3.63, 3.8) is 0 Å². The minimum atomic E-state index is -0.624.